The molecule has 3 aliphatic rings. The van der Waals surface area contributed by atoms with E-state index in [9.17, 15) is 49.3 Å². The van der Waals surface area contributed by atoms with Gasteiger partial charge in [-0.15, -0.1) is 0 Å². The maximum atomic E-state index is 12.2. The van der Waals surface area contributed by atoms with Crippen LogP contribution in [-0.2, 0) is 39.3 Å². The van der Waals surface area contributed by atoms with Crippen molar-refractivity contribution in [3.63, 3.8) is 0 Å². The van der Waals surface area contributed by atoms with Crippen molar-refractivity contribution in [1.82, 2.24) is 5.32 Å². The Bertz CT molecular complexity index is 1060. The van der Waals surface area contributed by atoms with E-state index >= 15 is 0 Å². The van der Waals surface area contributed by atoms with Crippen molar-refractivity contribution < 1.29 is 72.4 Å². The summed E-state index contributed by atoms with van der Waals surface area (Å²) in [4.78, 5) is 19.6. The summed E-state index contributed by atoms with van der Waals surface area (Å²) in [5.74, 6) is -3.83. The monoisotopic (exact) mass is 646 g/mol. The second-order valence-corrected chi connectivity index (χ2v) is 10.7. The molecule has 1 unspecified atom stereocenters. The molecule has 0 aromatic carbocycles. The molecule has 1 aliphatic carbocycles. The van der Waals surface area contributed by atoms with E-state index in [2.05, 4.69) is 15.3 Å². The van der Waals surface area contributed by atoms with Crippen molar-refractivity contribution >= 4 is 29.9 Å². The third kappa shape index (κ3) is 6.54. The van der Waals surface area contributed by atoms with Crippen molar-refractivity contribution in [3.8, 4) is 0 Å². The number of aliphatic hydroxyl groups excluding tert-OH is 6. The normalized spacial score (nSPS) is 47.8. The van der Waals surface area contributed by atoms with Crippen molar-refractivity contribution in [2.24, 2.45) is 27.2 Å². The second kappa shape index (κ2) is 14.0. The summed E-state index contributed by atoms with van der Waals surface area (Å²) in [5, 5.41) is 77.4. The Kier molecular flexibility index (Phi) is 11.5. The molecular weight excluding hydrogens is 608 g/mol. The van der Waals surface area contributed by atoms with Gasteiger partial charge in [0.25, 0.3) is 0 Å². The number of nitrogens with two attached hydrogens (primary N) is 3. The number of hydrogen-bond acceptors (Lipinski definition) is 17. The third-order valence-corrected chi connectivity index (χ3v) is 8.00. The molecule has 3 fully saturated rings. The molecule has 3 rings (SSSR count). The largest absolute Gasteiger partial charge is 0.394 e. The van der Waals surface area contributed by atoms with Gasteiger partial charge in [0.1, 0.15) is 54.8 Å². The quantitative estimate of drug-likeness (QED) is 0.0326. The van der Waals surface area contributed by atoms with Crippen LogP contribution in [0.25, 0.3) is 0 Å². The highest BCUT2D eigenvalue weighted by molar-refractivity contribution is 7.74. The van der Waals surface area contributed by atoms with Gasteiger partial charge in [0.05, 0.1) is 25.1 Å². The number of guanidine groups is 1. The van der Waals surface area contributed by atoms with Crippen LogP contribution in [0.15, 0.2) is 9.98 Å². The molecule has 43 heavy (non-hydrogen) atoms. The van der Waals surface area contributed by atoms with Crippen molar-refractivity contribution in [2.75, 3.05) is 13.7 Å². The van der Waals surface area contributed by atoms with E-state index in [1.54, 1.807) is 0 Å². The summed E-state index contributed by atoms with van der Waals surface area (Å²) < 4.78 is 49.5. The maximum absolute atomic E-state index is 12.2. The maximum Gasteiger partial charge on any atom is 0.304 e. The molecule has 2 saturated heterocycles. The van der Waals surface area contributed by atoms with Crippen LogP contribution in [0.5, 0.6) is 0 Å². The van der Waals surface area contributed by atoms with Crippen LogP contribution in [-0.4, -0.2) is 168 Å². The SMILES string of the molecule is CN[C@@H]1[C@H](O[C@H]2[C@H](O[C@]3(OS(=O)O)[C@H](O)[C@@H](O)[C@H](N=CN)[C@@H](O)[C@@H]3N=C(N)N)O[C@@H](C)[C@]2(O)C=O)O[C@@H](CO)[C@H](O)[C@H]1O. The third-order valence-electron chi connectivity index (χ3n) is 7.60. The first kappa shape index (κ1) is 35.5. The Hall–Kier alpha value is -2.00. The number of ether oxygens (including phenoxy) is 4. The highest BCUT2D eigenvalue weighted by atomic mass is 32.2. The fraction of sp³-hybridized carbons (Fsp3) is 0.857. The minimum Gasteiger partial charge on any atom is -0.394 e. The van der Waals surface area contributed by atoms with E-state index in [4.69, 9.17) is 40.3 Å². The van der Waals surface area contributed by atoms with Crippen LogP contribution in [0.3, 0.4) is 0 Å². The standard InChI is InChI=1S/C21H38N6O15S/c1-6-20(35,4-29)16(40-17-9(25-2)11(31)10(30)7(3-28)39-17)18(38-6)41-21(42-43(36)37)14(27-19(23)24)12(32)8(26-5-22)13(33)15(21)34/h4-18,25,28,30-35H,3H2,1-2H3,(H2,22,26)(H,36,37)(H4,23,24,27)/t6-,7-,8+,9-,10-,11-,12+,13-,14-,15+,16-,17-,18-,20+,21+/m0/s1. The average molecular weight is 647 g/mol. The Morgan fingerprint density at radius 3 is 2.26 bits per heavy atom. The molecule has 21 nitrogen and oxygen atoms in total. The lowest BCUT2D eigenvalue weighted by atomic mass is 9.79. The van der Waals surface area contributed by atoms with Gasteiger partial charge in [-0.3, -0.25) is 14.3 Å². The Morgan fingerprint density at radius 1 is 1.09 bits per heavy atom. The molecule has 22 heteroatoms. The summed E-state index contributed by atoms with van der Waals surface area (Å²) in [6.07, 6.45) is -17.6. The van der Waals surface area contributed by atoms with Gasteiger partial charge >= 0.3 is 11.4 Å². The van der Waals surface area contributed by atoms with Crippen molar-refractivity contribution in [2.45, 2.75) is 97.8 Å². The molecule has 0 amide bonds. The first-order valence-electron chi connectivity index (χ1n) is 12.8. The van der Waals surface area contributed by atoms with Crippen LogP contribution in [0.1, 0.15) is 6.92 Å². The Morgan fingerprint density at radius 2 is 1.74 bits per heavy atom. The molecule has 0 aromatic rings. The van der Waals surface area contributed by atoms with Crippen LogP contribution < -0.4 is 22.5 Å². The zero-order valence-corrected chi connectivity index (χ0v) is 23.7. The number of carbonyl (C=O) groups is 1. The molecule has 0 aromatic heterocycles. The van der Waals surface area contributed by atoms with Crippen LogP contribution in [0.4, 0.5) is 0 Å². The average Bonchev–Trinajstić information content (AvgIpc) is 3.18. The number of likely N-dealkylation sites (N-methyl/N-ethyl adjacent to an activating group) is 1. The molecule has 1 saturated carbocycles. The fourth-order valence-corrected chi connectivity index (χ4v) is 5.75. The van der Waals surface area contributed by atoms with Gasteiger partial charge in [-0.05, 0) is 14.0 Å². The van der Waals surface area contributed by atoms with Gasteiger partial charge in [-0.1, -0.05) is 0 Å². The lowest BCUT2D eigenvalue weighted by Gasteiger charge is -2.50. The Labute approximate surface area is 246 Å². The minimum absolute atomic E-state index is 0.0237. The number of aliphatic hydroxyl groups is 7. The molecule has 0 radical (unpaired) electrons. The lowest BCUT2D eigenvalue weighted by Crippen LogP contribution is -2.73. The highest BCUT2D eigenvalue weighted by Gasteiger charge is 2.67. The molecule has 16 atom stereocenters. The summed E-state index contributed by atoms with van der Waals surface area (Å²) >= 11 is -3.35. The Balaban J connectivity index is 2.12. The molecular formula is C21H38N6O15S. The highest BCUT2D eigenvalue weighted by Crippen LogP contribution is 2.43. The lowest BCUT2D eigenvalue weighted by molar-refractivity contribution is -0.366. The molecule has 248 valence electrons. The predicted octanol–water partition coefficient (Wildman–Crippen LogP) is -7.97. The first-order valence-corrected chi connectivity index (χ1v) is 13.8. The van der Waals surface area contributed by atoms with Gasteiger partial charge in [-0.2, -0.15) is 4.21 Å². The first-order chi connectivity index (χ1) is 20.1. The fourth-order valence-electron chi connectivity index (χ4n) is 5.29. The van der Waals surface area contributed by atoms with Crippen LogP contribution in [0, 0.1) is 0 Å². The van der Waals surface area contributed by atoms with Crippen molar-refractivity contribution in [3.05, 3.63) is 0 Å². The number of nitrogens with one attached hydrogen (secondary N) is 1. The molecule has 2 heterocycles. The van der Waals surface area contributed by atoms with Gasteiger partial charge in [-0.25, -0.2) is 9.18 Å². The summed E-state index contributed by atoms with van der Waals surface area (Å²) in [5.41, 5.74) is 13.7. The number of aldehydes is 1. The van der Waals surface area contributed by atoms with Gasteiger partial charge in [0.2, 0.25) is 5.79 Å². The van der Waals surface area contributed by atoms with E-state index < -0.39 is 115 Å². The predicted molar refractivity (Wildman–Crippen MR) is 141 cm³/mol. The number of carbonyl (C=O) groups excluding carboxylic acids is 1. The zero-order valence-electron chi connectivity index (χ0n) is 22.8. The van der Waals surface area contributed by atoms with E-state index in [-0.39, 0.29) is 6.29 Å². The van der Waals surface area contributed by atoms with Crippen LogP contribution >= 0.6 is 0 Å². The smallest absolute Gasteiger partial charge is 0.304 e. The number of aliphatic imine (C=N–C) groups is 2. The van der Waals surface area contributed by atoms with E-state index in [1.807, 2.05) is 0 Å². The van der Waals surface area contributed by atoms with E-state index in [1.165, 1.54) is 14.0 Å². The van der Waals surface area contributed by atoms with Gasteiger partial charge < -0.3 is 77.2 Å². The summed E-state index contributed by atoms with van der Waals surface area (Å²) in [7, 11) is 1.36. The molecule has 0 spiro atoms. The molecule has 2 aliphatic heterocycles. The second-order valence-electron chi connectivity index (χ2n) is 10.1. The minimum atomic E-state index is -3.35. The zero-order chi connectivity index (χ0) is 32.4. The van der Waals surface area contributed by atoms with E-state index in [0.29, 0.717) is 6.34 Å². The van der Waals surface area contributed by atoms with Crippen LogP contribution in [0.2, 0.25) is 0 Å². The molecule has 0 bridgehead atoms. The van der Waals surface area contributed by atoms with E-state index in [0.717, 1.165) is 0 Å². The summed E-state index contributed by atoms with van der Waals surface area (Å²) in [6, 6.07) is -4.93. The van der Waals surface area contributed by atoms with Gasteiger partial charge in [0.15, 0.2) is 30.4 Å². The van der Waals surface area contributed by atoms with Crippen molar-refractivity contribution in [1.29, 1.82) is 0 Å². The number of nitrogens with zero attached hydrogens (tertiary/aromatic N) is 2. The van der Waals surface area contributed by atoms with Gasteiger partial charge in [0, 0.05) is 0 Å². The number of hydrogen-bond donors (Lipinski definition) is 12. The topological polar surface area (TPSA) is 357 Å². The summed E-state index contributed by atoms with van der Waals surface area (Å²) in [6.45, 7) is 0.427. The molecule has 15 N–H and O–H groups in total. The number of rotatable bonds is 11.